The van der Waals surface area contributed by atoms with Crippen LogP contribution in [0.4, 0.5) is 0 Å². The van der Waals surface area contributed by atoms with Crippen molar-refractivity contribution in [3.05, 3.63) is 65.5 Å². The summed E-state index contributed by atoms with van der Waals surface area (Å²) >= 11 is 0. The summed E-state index contributed by atoms with van der Waals surface area (Å²) in [5.74, 6) is 0.815. The minimum Gasteiger partial charge on any atom is -0.352 e. The van der Waals surface area contributed by atoms with E-state index in [1.165, 1.54) is 5.56 Å². The van der Waals surface area contributed by atoms with Gasteiger partial charge in [0.05, 0.1) is 11.3 Å². The lowest BCUT2D eigenvalue weighted by atomic mass is 9.91. The van der Waals surface area contributed by atoms with Gasteiger partial charge in [-0.3, -0.25) is 14.7 Å². The van der Waals surface area contributed by atoms with Gasteiger partial charge in [-0.15, -0.1) is 0 Å². The monoisotopic (exact) mass is 293 g/mol. The van der Waals surface area contributed by atoms with E-state index in [1.54, 1.807) is 6.20 Å². The highest BCUT2D eigenvalue weighted by atomic mass is 16.1. The van der Waals surface area contributed by atoms with E-state index >= 15 is 0 Å². The van der Waals surface area contributed by atoms with Crippen LogP contribution in [0, 0.1) is 5.92 Å². The van der Waals surface area contributed by atoms with Crippen molar-refractivity contribution >= 4 is 5.91 Å². The number of rotatable bonds is 2. The molecule has 4 nitrogen and oxygen atoms in total. The van der Waals surface area contributed by atoms with Crippen molar-refractivity contribution < 1.29 is 4.79 Å². The minimum absolute atomic E-state index is 0.0205. The van der Waals surface area contributed by atoms with Gasteiger partial charge in [-0.05, 0) is 23.6 Å². The second kappa shape index (κ2) is 5.54. The Bertz CT molecular complexity index is 686. The lowest BCUT2D eigenvalue weighted by molar-refractivity contribution is 0.0951. The number of carbonyl (C=O) groups excluding carboxylic acids is 1. The second-order valence-electron chi connectivity index (χ2n) is 6.19. The molecule has 1 saturated heterocycles. The van der Waals surface area contributed by atoms with Crippen LogP contribution in [0.3, 0.4) is 0 Å². The minimum atomic E-state index is 0.0205. The number of carbonyl (C=O) groups is 1. The summed E-state index contributed by atoms with van der Waals surface area (Å²) in [5, 5.41) is 3.05. The Morgan fingerprint density at radius 3 is 2.86 bits per heavy atom. The molecule has 2 aliphatic rings. The fourth-order valence-corrected chi connectivity index (χ4v) is 3.67. The third-order valence-corrected chi connectivity index (χ3v) is 4.72. The molecule has 1 aromatic heterocycles. The fraction of sp³-hybridized carbons (Fsp3) is 0.333. The van der Waals surface area contributed by atoms with Crippen LogP contribution in [0.15, 0.2) is 48.7 Å². The summed E-state index contributed by atoms with van der Waals surface area (Å²) in [6, 6.07) is 14.3. The van der Waals surface area contributed by atoms with Gasteiger partial charge in [-0.2, -0.15) is 0 Å². The number of hydrogen-bond donors (Lipinski definition) is 1. The van der Waals surface area contributed by atoms with Gasteiger partial charge in [0.15, 0.2) is 0 Å². The summed E-state index contributed by atoms with van der Waals surface area (Å²) in [6.45, 7) is 3.68. The summed E-state index contributed by atoms with van der Waals surface area (Å²) in [4.78, 5) is 19.1. The molecule has 0 unspecified atom stereocenters. The third kappa shape index (κ3) is 2.40. The molecule has 0 radical (unpaired) electrons. The standard InChI is InChI=1S/C18H19N3O/c22-18-15-7-4-8-19-17(15)16-12-21(11-14(16)9-20-18)10-13-5-2-1-3-6-13/h1-8,14,16H,9-12H2,(H,20,22)/t14-,16-/m0/s1. The molecular weight excluding hydrogens is 274 g/mol. The van der Waals surface area contributed by atoms with Crippen molar-refractivity contribution in [2.24, 2.45) is 5.92 Å². The van der Waals surface area contributed by atoms with Crippen molar-refractivity contribution in [3.63, 3.8) is 0 Å². The molecule has 4 heteroatoms. The number of pyridine rings is 1. The Balaban J connectivity index is 1.58. The van der Waals surface area contributed by atoms with E-state index in [0.29, 0.717) is 11.8 Å². The number of nitrogens with zero attached hydrogens (tertiary/aromatic N) is 2. The zero-order valence-corrected chi connectivity index (χ0v) is 12.4. The lowest BCUT2D eigenvalue weighted by Gasteiger charge is -2.16. The fourth-order valence-electron chi connectivity index (χ4n) is 3.67. The van der Waals surface area contributed by atoms with Crippen LogP contribution < -0.4 is 5.32 Å². The molecule has 4 rings (SSSR count). The van der Waals surface area contributed by atoms with Gasteiger partial charge >= 0.3 is 0 Å². The lowest BCUT2D eigenvalue weighted by Crippen LogP contribution is -2.29. The molecule has 1 amide bonds. The van der Waals surface area contributed by atoms with Gasteiger partial charge in [0.25, 0.3) is 5.91 Å². The quantitative estimate of drug-likeness (QED) is 0.921. The summed E-state index contributed by atoms with van der Waals surface area (Å²) in [5.41, 5.74) is 3.05. The Labute approximate surface area is 130 Å². The molecule has 1 N–H and O–H groups in total. The zero-order valence-electron chi connectivity index (χ0n) is 12.4. The molecule has 0 saturated carbocycles. The highest BCUT2D eigenvalue weighted by molar-refractivity contribution is 5.95. The topological polar surface area (TPSA) is 45.2 Å². The normalized spacial score (nSPS) is 24.3. The first-order valence-electron chi connectivity index (χ1n) is 7.80. The first kappa shape index (κ1) is 13.5. The summed E-state index contributed by atoms with van der Waals surface area (Å²) in [7, 11) is 0. The second-order valence-corrected chi connectivity index (χ2v) is 6.19. The number of likely N-dealkylation sites (tertiary alicyclic amines) is 1. The molecule has 1 aromatic carbocycles. The van der Waals surface area contributed by atoms with Crippen LogP contribution in [0.2, 0.25) is 0 Å². The van der Waals surface area contributed by atoms with Gasteiger partial charge in [0.1, 0.15) is 0 Å². The Hall–Kier alpha value is -2.20. The van der Waals surface area contributed by atoms with E-state index in [0.717, 1.165) is 37.4 Å². The van der Waals surface area contributed by atoms with Crippen LogP contribution in [0.1, 0.15) is 27.5 Å². The van der Waals surface area contributed by atoms with Crippen molar-refractivity contribution in [2.45, 2.75) is 12.5 Å². The molecule has 0 aliphatic carbocycles. The number of nitrogens with one attached hydrogen (secondary N) is 1. The Kier molecular flexibility index (Phi) is 3.39. The molecular formula is C18H19N3O. The average Bonchev–Trinajstić information content (AvgIpc) is 2.91. The molecule has 112 valence electrons. The molecule has 1 fully saturated rings. The van der Waals surface area contributed by atoms with E-state index in [1.807, 2.05) is 18.2 Å². The van der Waals surface area contributed by atoms with Gasteiger partial charge in [0, 0.05) is 38.3 Å². The number of fused-ring (bicyclic) bond motifs is 3. The third-order valence-electron chi connectivity index (χ3n) is 4.72. The summed E-state index contributed by atoms with van der Waals surface area (Å²) in [6.07, 6.45) is 1.80. The maximum absolute atomic E-state index is 12.1. The number of aromatic nitrogens is 1. The zero-order chi connectivity index (χ0) is 14.9. The highest BCUT2D eigenvalue weighted by Gasteiger charge is 2.38. The van der Waals surface area contributed by atoms with Gasteiger partial charge < -0.3 is 5.32 Å². The molecule has 3 heterocycles. The first-order valence-corrected chi connectivity index (χ1v) is 7.80. The molecule has 2 atom stereocenters. The molecule has 0 bridgehead atoms. The van der Waals surface area contributed by atoms with Crippen LogP contribution in [-0.4, -0.2) is 35.4 Å². The number of benzene rings is 1. The van der Waals surface area contributed by atoms with Gasteiger partial charge in [-0.1, -0.05) is 30.3 Å². The average molecular weight is 293 g/mol. The van der Waals surface area contributed by atoms with Crippen molar-refractivity contribution in [2.75, 3.05) is 19.6 Å². The van der Waals surface area contributed by atoms with Crippen LogP contribution in [0.25, 0.3) is 0 Å². The Morgan fingerprint density at radius 2 is 2.00 bits per heavy atom. The van der Waals surface area contributed by atoms with E-state index in [2.05, 4.69) is 39.5 Å². The maximum Gasteiger partial charge on any atom is 0.253 e. The summed E-state index contributed by atoms with van der Waals surface area (Å²) < 4.78 is 0. The number of amides is 1. The predicted octanol–water partition coefficient (Wildman–Crippen LogP) is 2.04. The molecule has 22 heavy (non-hydrogen) atoms. The van der Waals surface area contributed by atoms with Gasteiger partial charge in [-0.25, -0.2) is 0 Å². The van der Waals surface area contributed by atoms with E-state index < -0.39 is 0 Å². The first-order chi connectivity index (χ1) is 10.8. The van der Waals surface area contributed by atoms with Gasteiger partial charge in [0.2, 0.25) is 0 Å². The van der Waals surface area contributed by atoms with Crippen molar-refractivity contribution in [3.8, 4) is 0 Å². The SMILES string of the molecule is O=C1NC[C@H]2CN(Cc3ccccc3)C[C@@H]2c2ncccc21. The van der Waals surface area contributed by atoms with E-state index in [-0.39, 0.29) is 5.91 Å². The largest absolute Gasteiger partial charge is 0.352 e. The molecule has 2 aliphatic heterocycles. The van der Waals surface area contributed by atoms with Crippen LogP contribution in [-0.2, 0) is 6.54 Å². The van der Waals surface area contributed by atoms with Crippen LogP contribution in [0.5, 0.6) is 0 Å². The highest BCUT2D eigenvalue weighted by Crippen LogP contribution is 2.35. The van der Waals surface area contributed by atoms with Crippen LogP contribution >= 0.6 is 0 Å². The smallest absolute Gasteiger partial charge is 0.253 e. The Morgan fingerprint density at radius 1 is 1.14 bits per heavy atom. The number of hydrogen-bond acceptors (Lipinski definition) is 3. The van der Waals surface area contributed by atoms with Crippen molar-refractivity contribution in [1.82, 2.24) is 15.2 Å². The maximum atomic E-state index is 12.1. The molecule has 0 spiro atoms. The molecule has 2 aromatic rings. The predicted molar refractivity (Wildman–Crippen MR) is 84.5 cm³/mol. The van der Waals surface area contributed by atoms with E-state index in [4.69, 9.17) is 0 Å². The van der Waals surface area contributed by atoms with E-state index in [9.17, 15) is 4.79 Å². The van der Waals surface area contributed by atoms with Crippen molar-refractivity contribution in [1.29, 1.82) is 0 Å².